The Morgan fingerprint density at radius 2 is 2.12 bits per heavy atom. The third kappa shape index (κ3) is 5.53. The standard InChI is InChI=1S/C18H21N3O4S/c1-4-15(26-18-20-14(10-25-3)9-16(23)21-18)17(24)19-13-7-5-6-12(8-13)11(2)22/h5-9,15H,4,10H2,1-3H3,(H,19,24)(H,20,21,23). The zero-order valence-corrected chi connectivity index (χ0v) is 15.7. The highest BCUT2D eigenvalue weighted by Crippen LogP contribution is 2.23. The number of hydrogen-bond donors (Lipinski definition) is 2. The summed E-state index contributed by atoms with van der Waals surface area (Å²) in [5, 5.41) is 2.72. The minimum atomic E-state index is -0.447. The third-order valence-electron chi connectivity index (χ3n) is 3.52. The lowest BCUT2D eigenvalue weighted by Gasteiger charge is -2.14. The van der Waals surface area contributed by atoms with E-state index in [4.69, 9.17) is 4.74 Å². The van der Waals surface area contributed by atoms with Crippen molar-refractivity contribution in [1.29, 1.82) is 0 Å². The number of ether oxygens (including phenoxy) is 1. The number of hydrogen-bond acceptors (Lipinski definition) is 6. The van der Waals surface area contributed by atoms with Crippen molar-refractivity contribution >= 4 is 29.1 Å². The zero-order chi connectivity index (χ0) is 19.1. The molecule has 0 fully saturated rings. The van der Waals surface area contributed by atoms with Gasteiger partial charge in [0.1, 0.15) is 0 Å². The first-order valence-corrected chi connectivity index (χ1v) is 8.98. The number of nitrogens with zero attached hydrogens (tertiary/aromatic N) is 1. The molecule has 0 saturated carbocycles. The lowest BCUT2D eigenvalue weighted by Crippen LogP contribution is -2.25. The maximum absolute atomic E-state index is 12.6. The van der Waals surface area contributed by atoms with Gasteiger partial charge in [-0.05, 0) is 25.5 Å². The van der Waals surface area contributed by atoms with E-state index in [9.17, 15) is 14.4 Å². The van der Waals surface area contributed by atoms with Gasteiger partial charge in [-0.2, -0.15) is 0 Å². The van der Waals surface area contributed by atoms with E-state index < -0.39 is 5.25 Å². The van der Waals surface area contributed by atoms with E-state index in [1.165, 1.54) is 31.9 Å². The van der Waals surface area contributed by atoms with Crippen LogP contribution in [0.5, 0.6) is 0 Å². The molecule has 0 saturated heterocycles. The normalized spacial score (nSPS) is 11.8. The Hall–Kier alpha value is -2.45. The Bertz CT molecular complexity index is 850. The molecule has 0 radical (unpaired) electrons. The Kier molecular flexibility index (Phi) is 7.11. The fraction of sp³-hybridized carbons (Fsp3) is 0.333. The van der Waals surface area contributed by atoms with Crippen molar-refractivity contribution in [3.05, 3.63) is 51.9 Å². The van der Waals surface area contributed by atoms with Crippen LogP contribution in [0.3, 0.4) is 0 Å². The molecule has 1 amide bonds. The molecule has 1 aromatic carbocycles. The van der Waals surface area contributed by atoms with E-state index in [-0.39, 0.29) is 23.9 Å². The molecule has 0 aliphatic heterocycles. The van der Waals surface area contributed by atoms with Gasteiger partial charge in [0, 0.05) is 24.4 Å². The van der Waals surface area contributed by atoms with Crippen molar-refractivity contribution in [3.63, 3.8) is 0 Å². The highest BCUT2D eigenvalue weighted by atomic mass is 32.2. The summed E-state index contributed by atoms with van der Waals surface area (Å²) in [5.41, 5.74) is 1.29. The summed E-state index contributed by atoms with van der Waals surface area (Å²) in [6.07, 6.45) is 0.543. The molecule has 1 heterocycles. The molecule has 2 N–H and O–H groups in total. The molecule has 1 aromatic heterocycles. The molecular weight excluding hydrogens is 354 g/mol. The van der Waals surface area contributed by atoms with E-state index in [1.807, 2.05) is 6.92 Å². The number of rotatable bonds is 8. The van der Waals surface area contributed by atoms with Gasteiger partial charge in [0.2, 0.25) is 5.91 Å². The second kappa shape index (κ2) is 9.30. The van der Waals surface area contributed by atoms with Gasteiger partial charge in [-0.25, -0.2) is 4.98 Å². The van der Waals surface area contributed by atoms with Crippen molar-refractivity contribution in [2.75, 3.05) is 12.4 Å². The summed E-state index contributed by atoms with van der Waals surface area (Å²) >= 11 is 1.18. The predicted molar refractivity (Wildman–Crippen MR) is 101 cm³/mol. The number of Topliss-reactive ketones (excluding diaryl/α,β-unsaturated/α-hetero) is 1. The van der Waals surface area contributed by atoms with E-state index in [0.29, 0.717) is 28.5 Å². The van der Waals surface area contributed by atoms with Crippen molar-refractivity contribution < 1.29 is 14.3 Å². The average Bonchev–Trinajstić information content (AvgIpc) is 2.59. The van der Waals surface area contributed by atoms with Gasteiger partial charge in [0.05, 0.1) is 17.6 Å². The van der Waals surface area contributed by atoms with Crippen LogP contribution in [-0.2, 0) is 16.1 Å². The number of carbonyl (C=O) groups is 2. The highest BCUT2D eigenvalue weighted by Gasteiger charge is 2.20. The Labute approximate surface area is 155 Å². The third-order valence-corrected chi connectivity index (χ3v) is 4.77. The van der Waals surface area contributed by atoms with Crippen LogP contribution in [0.25, 0.3) is 0 Å². The molecule has 26 heavy (non-hydrogen) atoms. The van der Waals surface area contributed by atoms with Crippen molar-refractivity contribution in [2.24, 2.45) is 0 Å². The predicted octanol–water partition coefficient (Wildman–Crippen LogP) is 2.63. The van der Waals surface area contributed by atoms with Crippen LogP contribution in [-0.4, -0.2) is 34.0 Å². The van der Waals surface area contributed by atoms with E-state index >= 15 is 0 Å². The van der Waals surface area contributed by atoms with Gasteiger partial charge in [-0.3, -0.25) is 14.4 Å². The second-order valence-corrected chi connectivity index (χ2v) is 6.81. The highest BCUT2D eigenvalue weighted by molar-refractivity contribution is 8.00. The molecule has 8 heteroatoms. The van der Waals surface area contributed by atoms with Crippen molar-refractivity contribution in [1.82, 2.24) is 9.97 Å². The van der Waals surface area contributed by atoms with Crippen LogP contribution in [0.15, 0.2) is 40.3 Å². The first kappa shape index (κ1) is 19.9. The lowest BCUT2D eigenvalue weighted by molar-refractivity contribution is -0.115. The molecule has 2 rings (SSSR count). The second-order valence-electron chi connectivity index (χ2n) is 5.62. The van der Waals surface area contributed by atoms with Crippen LogP contribution < -0.4 is 10.9 Å². The van der Waals surface area contributed by atoms with E-state index in [2.05, 4.69) is 15.3 Å². The van der Waals surface area contributed by atoms with Gasteiger partial charge in [0.25, 0.3) is 5.56 Å². The number of aromatic amines is 1. The zero-order valence-electron chi connectivity index (χ0n) is 14.9. The van der Waals surface area contributed by atoms with Crippen LogP contribution in [0.4, 0.5) is 5.69 Å². The van der Waals surface area contributed by atoms with E-state index in [1.54, 1.807) is 24.3 Å². The average molecular weight is 375 g/mol. The maximum atomic E-state index is 12.6. The number of thioether (sulfide) groups is 1. The molecule has 0 aliphatic rings. The van der Waals surface area contributed by atoms with Crippen LogP contribution >= 0.6 is 11.8 Å². The van der Waals surface area contributed by atoms with Crippen LogP contribution in [0.2, 0.25) is 0 Å². The van der Waals surface area contributed by atoms with Gasteiger partial charge in [0.15, 0.2) is 10.9 Å². The number of anilines is 1. The Morgan fingerprint density at radius 1 is 1.35 bits per heavy atom. The molecule has 0 bridgehead atoms. The van der Waals surface area contributed by atoms with Gasteiger partial charge in [-0.15, -0.1) is 0 Å². The molecule has 1 unspecified atom stereocenters. The molecule has 0 spiro atoms. The number of nitrogens with one attached hydrogen (secondary N) is 2. The van der Waals surface area contributed by atoms with Gasteiger partial charge in [-0.1, -0.05) is 30.8 Å². The summed E-state index contributed by atoms with van der Waals surface area (Å²) in [6, 6.07) is 8.13. The van der Waals surface area contributed by atoms with Crippen LogP contribution in [0, 0.1) is 0 Å². The lowest BCUT2D eigenvalue weighted by atomic mass is 10.1. The molecular formula is C18H21N3O4S. The SMILES string of the molecule is CCC(Sc1nc(COC)cc(=O)[nH]1)C(=O)Nc1cccc(C(C)=O)c1. The summed E-state index contributed by atoms with van der Waals surface area (Å²) in [7, 11) is 1.52. The monoisotopic (exact) mass is 375 g/mol. The quantitative estimate of drug-likeness (QED) is 0.418. The molecule has 138 valence electrons. The van der Waals surface area contributed by atoms with Gasteiger partial charge < -0.3 is 15.0 Å². The maximum Gasteiger partial charge on any atom is 0.251 e. The topological polar surface area (TPSA) is 101 Å². The molecule has 0 aliphatic carbocycles. The fourth-order valence-electron chi connectivity index (χ4n) is 2.26. The molecule has 1 atom stereocenters. The number of ketones is 1. The largest absolute Gasteiger partial charge is 0.378 e. The number of aromatic nitrogens is 2. The number of carbonyl (C=O) groups excluding carboxylic acids is 2. The summed E-state index contributed by atoms with van der Waals surface area (Å²) < 4.78 is 4.99. The smallest absolute Gasteiger partial charge is 0.251 e. The van der Waals surface area contributed by atoms with Gasteiger partial charge >= 0.3 is 0 Å². The summed E-state index contributed by atoms with van der Waals surface area (Å²) in [5.74, 6) is -0.294. The number of amides is 1. The first-order valence-electron chi connectivity index (χ1n) is 8.10. The molecule has 2 aromatic rings. The van der Waals surface area contributed by atoms with Crippen molar-refractivity contribution in [2.45, 2.75) is 37.3 Å². The Morgan fingerprint density at radius 3 is 2.77 bits per heavy atom. The first-order chi connectivity index (χ1) is 12.4. The summed E-state index contributed by atoms with van der Waals surface area (Å²) in [6.45, 7) is 3.57. The Balaban J connectivity index is 2.13. The number of methoxy groups -OCH3 is 1. The minimum absolute atomic E-state index is 0.0701. The number of benzene rings is 1. The number of H-pyrrole nitrogens is 1. The van der Waals surface area contributed by atoms with E-state index in [0.717, 1.165) is 0 Å². The fourth-order valence-corrected chi connectivity index (χ4v) is 3.19. The van der Waals surface area contributed by atoms with Crippen molar-refractivity contribution in [3.8, 4) is 0 Å². The summed E-state index contributed by atoms with van der Waals surface area (Å²) in [4.78, 5) is 42.7. The molecule has 7 nitrogen and oxygen atoms in total. The minimum Gasteiger partial charge on any atom is -0.378 e. The van der Waals surface area contributed by atoms with Crippen LogP contribution in [0.1, 0.15) is 36.3 Å².